The fraction of sp³-hybridized carbons (Fsp3) is 0.0435. The number of rotatable bonds is 5. The first-order valence-corrected chi connectivity index (χ1v) is 8.83. The van der Waals surface area contributed by atoms with E-state index in [0.29, 0.717) is 16.9 Å². The van der Waals surface area contributed by atoms with Gasteiger partial charge in [0, 0.05) is 5.56 Å². The normalized spacial score (nSPS) is 14.6. The Morgan fingerprint density at radius 1 is 0.931 bits per heavy atom. The Balaban J connectivity index is 1.50. The lowest BCUT2D eigenvalue weighted by atomic mass is 10.2. The summed E-state index contributed by atoms with van der Waals surface area (Å²) in [7, 11) is 0. The van der Waals surface area contributed by atoms with Crippen LogP contribution in [0.2, 0.25) is 0 Å². The summed E-state index contributed by atoms with van der Waals surface area (Å²) in [5.74, 6) is -0.539. The summed E-state index contributed by atoms with van der Waals surface area (Å²) in [5, 5.41) is 0. The zero-order valence-corrected chi connectivity index (χ0v) is 15.1. The van der Waals surface area contributed by atoms with Crippen LogP contribution in [-0.4, -0.2) is 11.9 Å². The van der Waals surface area contributed by atoms with E-state index in [9.17, 15) is 13.6 Å². The van der Waals surface area contributed by atoms with Crippen molar-refractivity contribution in [3.05, 3.63) is 107 Å². The van der Waals surface area contributed by atoms with E-state index in [-0.39, 0.29) is 29.8 Å². The minimum atomic E-state index is -0.582. The Hall–Kier alpha value is -3.80. The average Bonchev–Trinajstić information content (AvgIpc) is 3.09. The molecule has 0 aliphatic carbocycles. The summed E-state index contributed by atoms with van der Waals surface area (Å²) < 4.78 is 36.9. The van der Waals surface area contributed by atoms with Crippen molar-refractivity contribution in [1.29, 1.82) is 0 Å². The molecule has 1 aliphatic heterocycles. The molecular weight excluding hydrogens is 376 g/mol. The molecule has 144 valence electrons. The topological polar surface area (TPSA) is 47.9 Å². The molecule has 0 fully saturated rings. The Labute approximate surface area is 165 Å². The van der Waals surface area contributed by atoms with Gasteiger partial charge < -0.3 is 9.47 Å². The Morgan fingerprint density at radius 3 is 2.34 bits per heavy atom. The predicted molar refractivity (Wildman–Crippen MR) is 104 cm³/mol. The molecule has 6 heteroatoms. The molecule has 0 radical (unpaired) electrons. The maximum absolute atomic E-state index is 13.1. The second-order valence-electron chi connectivity index (χ2n) is 6.33. The van der Waals surface area contributed by atoms with Crippen LogP contribution in [0.1, 0.15) is 16.7 Å². The van der Waals surface area contributed by atoms with Crippen molar-refractivity contribution in [2.45, 2.75) is 6.61 Å². The largest absolute Gasteiger partial charge is 0.489 e. The Bertz CT molecular complexity index is 1100. The molecule has 0 bridgehead atoms. The van der Waals surface area contributed by atoms with Crippen LogP contribution in [0.4, 0.5) is 8.78 Å². The molecule has 3 aromatic rings. The van der Waals surface area contributed by atoms with Crippen LogP contribution < -0.4 is 4.74 Å². The molecule has 0 aromatic heterocycles. The molecule has 0 N–H and O–H groups in total. The van der Waals surface area contributed by atoms with Crippen LogP contribution in [0.3, 0.4) is 0 Å². The zero-order valence-electron chi connectivity index (χ0n) is 15.1. The Morgan fingerprint density at radius 2 is 1.62 bits per heavy atom. The lowest BCUT2D eigenvalue weighted by Crippen LogP contribution is -2.05. The highest BCUT2D eigenvalue weighted by Gasteiger charge is 2.24. The number of hydrogen-bond acceptors (Lipinski definition) is 4. The maximum atomic E-state index is 13.1. The number of carbonyl (C=O) groups excluding carboxylic acids is 1. The molecule has 1 aliphatic rings. The van der Waals surface area contributed by atoms with Gasteiger partial charge in [-0.15, -0.1) is 0 Å². The molecule has 0 atom stereocenters. The Kier molecular flexibility index (Phi) is 5.16. The second-order valence-corrected chi connectivity index (χ2v) is 6.33. The van der Waals surface area contributed by atoms with Gasteiger partial charge in [-0.05, 0) is 65.7 Å². The van der Waals surface area contributed by atoms with Gasteiger partial charge in [-0.25, -0.2) is 18.6 Å². The smallest absolute Gasteiger partial charge is 0.363 e. The van der Waals surface area contributed by atoms with Gasteiger partial charge in [-0.2, -0.15) is 0 Å². The highest BCUT2D eigenvalue weighted by Crippen LogP contribution is 2.22. The standard InChI is InChI=1S/C23H15F2NO3/c24-18-8-4-15(5-9-18)14-28-20-3-1-2-16(12-20)13-21-23(27)29-22(26-21)17-6-10-19(25)11-7-17/h1-13H,14H2. The molecule has 0 saturated carbocycles. The van der Waals surface area contributed by atoms with Crippen molar-refractivity contribution in [2.75, 3.05) is 0 Å². The third-order valence-electron chi connectivity index (χ3n) is 4.19. The minimum Gasteiger partial charge on any atom is -0.489 e. The fourth-order valence-corrected chi connectivity index (χ4v) is 2.72. The van der Waals surface area contributed by atoms with E-state index in [4.69, 9.17) is 9.47 Å². The highest BCUT2D eigenvalue weighted by molar-refractivity contribution is 6.12. The lowest BCUT2D eigenvalue weighted by molar-refractivity contribution is -0.129. The number of cyclic esters (lactones) is 1. The summed E-state index contributed by atoms with van der Waals surface area (Å²) in [6, 6.07) is 18.7. The molecule has 0 spiro atoms. The first-order chi connectivity index (χ1) is 14.1. The molecule has 4 nitrogen and oxygen atoms in total. The number of benzene rings is 3. The highest BCUT2D eigenvalue weighted by atomic mass is 19.1. The number of halogens is 2. The monoisotopic (exact) mass is 391 g/mol. The fourth-order valence-electron chi connectivity index (χ4n) is 2.72. The first-order valence-electron chi connectivity index (χ1n) is 8.83. The third-order valence-corrected chi connectivity index (χ3v) is 4.19. The second kappa shape index (κ2) is 8.06. The molecule has 29 heavy (non-hydrogen) atoms. The van der Waals surface area contributed by atoms with Gasteiger partial charge in [-0.3, -0.25) is 0 Å². The molecule has 4 rings (SSSR count). The van der Waals surface area contributed by atoms with Gasteiger partial charge >= 0.3 is 5.97 Å². The van der Waals surface area contributed by atoms with Crippen LogP contribution in [0, 0.1) is 11.6 Å². The van der Waals surface area contributed by atoms with E-state index < -0.39 is 5.97 Å². The molecule has 3 aromatic carbocycles. The number of ether oxygens (including phenoxy) is 2. The third kappa shape index (κ3) is 4.55. The molecule has 0 unspecified atom stereocenters. The average molecular weight is 391 g/mol. The van der Waals surface area contributed by atoms with Gasteiger partial charge in [0.2, 0.25) is 5.90 Å². The van der Waals surface area contributed by atoms with Crippen LogP contribution in [0.15, 0.2) is 83.5 Å². The van der Waals surface area contributed by atoms with Crippen LogP contribution >= 0.6 is 0 Å². The number of carbonyl (C=O) groups is 1. The summed E-state index contributed by atoms with van der Waals surface area (Å²) in [5.41, 5.74) is 2.19. The van der Waals surface area contributed by atoms with Crippen molar-refractivity contribution >= 4 is 17.9 Å². The number of aliphatic imine (C=N–C) groups is 1. The SMILES string of the molecule is O=C1OC(c2ccc(F)cc2)=NC1=Cc1cccc(OCc2ccc(F)cc2)c1. The molecule has 1 heterocycles. The van der Waals surface area contributed by atoms with E-state index in [1.807, 2.05) is 0 Å². The quantitative estimate of drug-likeness (QED) is 0.460. The van der Waals surface area contributed by atoms with Gasteiger partial charge in [0.1, 0.15) is 24.0 Å². The molecule has 0 amide bonds. The van der Waals surface area contributed by atoms with Gasteiger partial charge in [0.25, 0.3) is 0 Å². The summed E-state index contributed by atoms with van der Waals surface area (Å²) in [6.45, 7) is 0.287. The van der Waals surface area contributed by atoms with E-state index >= 15 is 0 Å². The van der Waals surface area contributed by atoms with E-state index in [0.717, 1.165) is 5.56 Å². The molecular formula is C23H15F2NO3. The minimum absolute atomic E-state index is 0.130. The van der Waals surface area contributed by atoms with Crippen molar-refractivity contribution in [3.63, 3.8) is 0 Å². The summed E-state index contributed by atoms with van der Waals surface area (Å²) >= 11 is 0. The van der Waals surface area contributed by atoms with Gasteiger partial charge in [-0.1, -0.05) is 24.3 Å². The van der Waals surface area contributed by atoms with Crippen LogP contribution in [0.25, 0.3) is 6.08 Å². The lowest BCUT2D eigenvalue weighted by Gasteiger charge is -2.07. The van der Waals surface area contributed by atoms with Crippen molar-refractivity contribution in [2.24, 2.45) is 4.99 Å². The predicted octanol–water partition coefficient (Wildman–Crippen LogP) is 4.89. The van der Waals surface area contributed by atoms with Crippen LogP contribution in [0.5, 0.6) is 5.75 Å². The van der Waals surface area contributed by atoms with Crippen molar-refractivity contribution < 1.29 is 23.0 Å². The van der Waals surface area contributed by atoms with E-state index in [1.165, 1.54) is 36.4 Å². The maximum Gasteiger partial charge on any atom is 0.363 e. The van der Waals surface area contributed by atoms with Crippen LogP contribution in [-0.2, 0) is 16.1 Å². The van der Waals surface area contributed by atoms with E-state index in [1.54, 1.807) is 42.5 Å². The van der Waals surface area contributed by atoms with E-state index in [2.05, 4.69) is 4.99 Å². The molecule has 0 saturated heterocycles. The van der Waals surface area contributed by atoms with Gasteiger partial charge in [0.05, 0.1) is 0 Å². The number of nitrogens with zero attached hydrogens (tertiary/aromatic N) is 1. The van der Waals surface area contributed by atoms with Gasteiger partial charge in [0.15, 0.2) is 5.70 Å². The van der Waals surface area contributed by atoms with Crippen molar-refractivity contribution in [3.8, 4) is 5.75 Å². The first kappa shape index (κ1) is 18.6. The summed E-state index contributed by atoms with van der Waals surface area (Å²) in [4.78, 5) is 16.3. The van der Waals surface area contributed by atoms with Crippen molar-refractivity contribution in [1.82, 2.24) is 0 Å². The summed E-state index contributed by atoms with van der Waals surface area (Å²) in [6.07, 6.45) is 1.59. The number of hydrogen-bond donors (Lipinski definition) is 0. The number of esters is 1. The zero-order chi connectivity index (χ0) is 20.2.